The lowest BCUT2D eigenvalue weighted by molar-refractivity contribution is -0.131. The van der Waals surface area contributed by atoms with E-state index in [-0.39, 0.29) is 24.4 Å². The quantitative estimate of drug-likeness (QED) is 0.803. The Hall–Kier alpha value is -2.00. The van der Waals surface area contributed by atoms with Crippen molar-refractivity contribution in [2.24, 2.45) is 0 Å². The van der Waals surface area contributed by atoms with Crippen molar-refractivity contribution in [2.75, 3.05) is 12.8 Å². The lowest BCUT2D eigenvalue weighted by Gasteiger charge is -2.25. The zero-order valence-electron chi connectivity index (χ0n) is 14.7. The van der Waals surface area contributed by atoms with Crippen LogP contribution >= 0.6 is 12.4 Å². The molecule has 0 fully saturated rings. The van der Waals surface area contributed by atoms with Gasteiger partial charge in [0.1, 0.15) is 0 Å². The molecule has 1 unspecified atom stereocenters. The molecule has 3 nitrogen and oxygen atoms in total. The Morgan fingerprint density at radius 1 is 1.12 bits per heavy atom. The molecule has 0 saturated carbocycles. The van der Waals surface area contributed by atoms with Gasteiger partial charge in [-0.15, -0.1) is 12.4 Å². The number of anilines is 1. The van der Waals surface area contributed by atoms with E-state index in [0.29, 0.717) is 12.8 Å². The van der Waals surface area contributed by atoms with Gasteiger partial charge in [-0.05, 0) is 43.9 Å². The third kappa shape index (κ3) is 5.57. The summed E-state index contributed by atoms with van der Waals surface area (Å²) < 4.78 is 0. The lowest BCUT2D eigenvalue weighted by atomic mass is 10.0. The molecule has 0 radical (unpaired) electrons. The number of rotatable bonds is 6. The minimum absolute atomic E-state index is 0. The number of benzene rings is 2. The molecule has 130 valence electrons. The highest BCUT2D eigenvalue weighted by Crippen LogP contribution is 2.15. The summed E-state index contributed by atoms with van der Waals surface area (Å²) in [5.41, 5.74) is 10.2. The van der Waals surface area contributed by atoms with Crippen LogP contribution in [-0.2, 0) is 17.6 Å². The molecule has 2 aromatic carbocycles. The molecule has 0 heterocycles. The van der Waals surface area contributed by atoms with Crippen molar-refractivity contribution in [2.45, 2.75) is 39.2 Å². The van der Waals surface area contributed by atoms with E-state index in [0.717, 1.165) is 17.7 Å². The van der Waals surface area contributed by atoms with E-state index >= 15 is 0 Å². The fraction of sp³-hybridized carbons (Fsp3) is 0.350. The molecule has 0 saturated heterocycles. The van der Waals surface area contributed by atoms with E-state index in [1.807, 2.05) is 36.2 Å². The van der Waals surface area contributed by atoms with Crippen LogP contribution in [-0.4, -0.2) is 23.9 Å². The van der Waals surface area contributed by atoms with Crippen LogP contribution in [0.5, 0.6) is 0 Å². The van der Waals surface area contributed by atoms with Crippen molar-refractivity contribution in [3.8, 4) is 0 Å². The van der Waals surface area contributed by atoms with Gasteiger partial charge in [-0.25, -0.2) is 0 Å². The number of hydrogen-bond acceptors (Lipinski definition) is 2. The van der Waals surface area contributed by atoms with Crippen molar-refractivity contribution < 1.29 is 4.79 Å². The van der Waals surface area contributed by atoms with Crippen LogP contribution < -0.4 is 5.73 Å². The number of halogens is 1. The minimum atomic E-state index is 0. The standard InChI is InChI=1S/C20H26N2O.ClH/c1-15-8-10-17(11-9-15)14-16(2)22(3)20(23)13-12-18-6-4-5-7-19(18)21;/h4-11,16H,12-14,21H2,1-3H3;1H. The van der Waals surface area contributed by atoms with Crippen molar-refractivity contribution in [3.05, 3.63) is 65.2 Å². The Morgan fingerprint density at radius 2 is 1.75 bits per heavy atom. The summed E-state index contributed by atoms with van der Waals surface area (Å²) in [6.07, 6.45) is 2.05. The Labute approximate surface area is 151 Å². The molecule has 0 aliphatic heterocycles. The summed E-state index contributed by atoms with van der Waals surface area (Å²) in [5.74, 6) is 0.160. The van der Waals surface area contributed by atoms with Crippen LogP contribution in [0.1, 0.15) is 30.0 Å². The maximum Gasteiger partial charge on any atom is 0.222 e. The van der Waals surface area contributed by atoms with Gasteiger partial charge in [-0.1, -0.05) is 48.0 Å². The van der Waals surface area contributed by atoms with Crippen LogP contribution in [0.2, 0.25) is 0 Å². The number of nitrogens with zero attached hydrogens (tertiary/aromatic N) is 1. The SMILES string of the molecule is Cc1ccc(CC(C)N(C)C(=O)CCc2ccccc2N)cc1.Cl. The molecule has 0 aromatic heterocycles. The molecular weight excluding hydrogens is 320 g/mol. The molecule has 0 aliphatic carbocycles. The normalized spacial score (nSPS) is 11.5. The van der Waals surface area contributed by atoms with Crippen molar-refractivity contribution in [1.29, 1.82) is 0 Å². The molecule has 1 atom stereocenters. The van der Waals surface area contributed by atoms with Gasteiger partial charge in [-0.3, -0.25) is 4.79 Å². The summed E-state index contributed by atoms with van der Waals surface area (Å²) in [6, 6.07) is 16.4. The molecule has 2 N–H and O–H groups in total. The summed E-state index contributed by atoms with van der Waals surface area (Å²) in [6.45, 7) is 4.17. The van der Waals surface area contributed by atoms with Gasteiger partial charge in [0.05, 0.1) is 0 Å². The Balaban J connectivity index is 0.00000288. The van der Waals surface area contributed by atoms with Crippen LogP contribution in [0.4, 0.5) is 5.69 Å². The van der Waals surface area contributed by atoms with Crippen LogP contribution in [0.25, 0.3) is 0 Å². The third-order valence-corrected chi connectivity index (χ3v) is 4.37. The topological polar surface area (TPSA) is 46.3 Å². The van der Waals surface area contributed by atoms with Gasteiger partial charge in [0, 0.05) is 25.2 Å². The predicted octanol–water partition coefficient (Wildman–Crippen LogP) is 4.02. The molecule has 2 rings (SSSR count). The highest BCUT2D eigenvalue weighted by Gasteiger charge is 2.16. The monoisotopic (exact) mass is 346 g/mol. The number of hydrogen-bond donors (Lipinski definition) is 1. The van der Waals surface area contributed by atoms with Gasteiger partial charge < -0.3 is 10.6 Å². The summed E-state index contributed by atoms with van der Waals surface area (Å²) in [5, 5.41) is 0. The smallest absolute Gasteiger partial charge is 0.222 e. The first-order chi connectivity index (χ1) is 11.0. The number of aryl methyl sites for hydroxylation is 2. The highest BCUT2D eigenvalue weighted by molar-refractivity contribution is 5.85. The molecule has 24 heavy (non-hydrogen) atoms. The summed E-state index contributed by atoms with van der Waals surface area (Å²) in [4.78, 5) is 14.2. The number of nitrogens with two attached hydrogens (primary N) is 1. The number of carbonyl (C=O) groups is 1. The largest absolute Gasteiger partial charge is 0.399 e. The van der Waals surface area contributed by atoms with E-state index in [1.165, 1.54) is 11.1 Å². The van der Waals surface area contributed by atoms with Crippen LogP contribution in [0.3, 0.4) is 0 Å². The maximum atomic E-state index is 12.4. The lowest BCUT2D eigenvalue weighted by Crippen LogP contribution is -2.36. The second kappa shape index (κ2) is 9.33. The number of likely N-dealkylation sites (N-methyl/N-ethyl adjacent to an activating group) is 1. The van der Waals surface area contributed by atoms with Gasteiger partial charge in [-0.2, -0.15) is 0 Å². The van der Waals surface area contributed by atoms with Crippen LogP contribution in [0, 0.1) is 6.92 Å². The Morgan fingerprint density at radius 3 is 2.38 bits per heavy atom. The number of para-hydroxylation sites is 1. The van der Waals surface area contributed by atoms with Crippen molar-refractivity contribution in [3.63, 3.8) is 0 Å². The van der Waals surface area contributed by atoms with Gasteiger partial charge in [0.15, 0.2) is 0 Å². The second-order valence-corrected chi connectivity index (χ2v) is 6.24. The van der Waals surface area contributed by atoms with E-state index in [2.05, 4.69) is 38.1 Å². The molecule has 2 aromatic rings. The average molecular weight is 347 g/mol. The van der Waals surface area contributed by atoms with Gasteiger partial charge in [0.25, 0.3) is 0 Å². The summed E-state index contributed by atoms with van der Waals surface area (Å²) >= 11 is 0. The van der Waals surface area contributed by atoms with E-state index < -0.39 is 0 Å². The van der Waals surface area contributed by atoms with Gasteiger partial charge >= 0.3 is 0 Å². The fourth-order valence-electron chi connectivity index (χ4n) is 2.63. The average Bonchev–Trinajstić information content (AvgIpc) is 2.55. The highest BCUT2D eigenvalue weighted by atomic mass is 35.5. The fourth-order valence-corrected chi connectivity index (χ4v) is 2.63. The van der Waals surface area contributed by atoms with Crippen molar-refractivity contribution in [1.82, 2.24) is 4.90 Å². The first-order valence-electron chi connectivity index (χ1n) is 8.12. The molecule has 0 spiro atoms. The zero-order valence-corrected chi connectivity index (χ0v) is 15.5. The minimum Gasteiger partial charge on any atom is -0.399 e. The number of carbonyl (C=O) groups excluding carboxylic acids is 1. The van der Waals surface area contributed by atoms with Crippen LogP contribution in [0.15, 0.2) is 48.5 Å². The number of amides is 1. The van der Waals surface area contributed by atoms with E-state index in [4.69, 9.17) is 5.73 Å². The Kier molecular flexibility index (Phi) is 7.80. The van der Waals surface area contributed by atoms with E-state index in [1.54, 1.807) is 0 Å². The first kappa shape index (κ1) is 20.0. The third-order valence-electron chi connectivity index (χ3n) is 4.37. The molecule has 1 amide bonds. The Bertz CT molecular complexity index is 655. The zero-order chi connectivity index (χ0) is 16.8. The molecular formula is C20H27ClN2O. The molecule has 4 heteroatoms. The van der Waals surface area contributed by atoms with Crippen molar-refractivity contribution >= 4 is 24.0 Å². The molecule has 0 aliphatic rings. The van der Waals surface area contributed by atoms with E-state index in [9.17, 15) is 4.79 Å². The first-order valence-corrected chi connectivity index (χ1v) is 8.12. The molecule has 0 bridgehead atoms. The number of nitrogen functional groups attached to an aromatic ring is 1. The summed E-state index contributed by atoms with van der Waals surface area (Å²) in [7, 11) is 1.88. The maximum absolute atomic E-state index is 12.4. The predicted molar refractivity (Wildman–Crippen MR) is 104 cm³/mol. The second-order valence-electron chi connectivity index (χ2n) is 6.24. The van der Waals surface area contributed by atoms with Gasteiger partial charge in [0.2, 0.25) is 5.91 Å².